The Labute approximate surface area is 157 Å². The lowest BCUT2D eigenvalue weighted by atomic mass is 10.0. The van der Waals surface area contributed by atoms with Crippen LogP contribution in [0.3, 0.4) is 0 Å². The van der Waals surface area contributed by atoms with E-state index < -0.39 is 22.7 Å². The fourth-order valence-electron chi connectivity index (χ4n) is 2.54. The van der Waals surface area contributed by atoms with Gasteiger partial charge in [0.2, 0.25) is 0 Å². The van der Waals surface area contributed by atoms with Gasteiger partial charge in [-0.15, -0.1) is 6.58 Å². The second kappa shape index (κ2) is 7.98. The molecule has 9 heteroatoms. The molecule has 27 heavy (non-hydrogen) atoms. The van der Waals surface area contributed by atoms with Crippen molar-refractivity contribution in [2.45, 2.75) is 38.8 Å². The van der Waals surface area contributed by atoms with E-state index in [0.29, 0.717) is 12.1 Å². The van der Waals surface area contributed by atoms with Crippen molar-refractivity contribution in [1.29, 1.82) is 0 Å². The summed E-state index contributed by atoms with van der Waals surface area (Å²) in [6.07, 6.45) is 4.29. The molecule has 1 N–H and O–H groups in total. The van der Waals surface area contributed by atoms with Gasteiger partial charge < -0.3 is 10.1 Å². The molecule has 0 fully saturated rings. The number of aryl methyl sites for hydroxylation is 1. The number of rotatable bonds is 6. The first-order valence-electron chi connectivity index (χ1n) is 8.35. The van der Waals surface area contributed by atoms with Gasteiger partial charge in [-0.1, -0.05) is 6.08 Å². The van der Waals surface area contributed by atoms with Crippen molar-refractivity contribution in [2.75, 3.05) is 0 Å². The Bertz CT molecular complexity index is 854. The van der Waals surface area contributed by atoms with Crippen LogP contribution in [0.4, 0.5) is 10.5 Å². The predicted molar refractivity (Wildman–Crippen MR) is 100 cm³/mol. The van der Waals surface area contributed by atoms with Gasteiger partial charge in [0.05, 0.1) is 16.7 Å². The minimum absolute atomic E-state index is 0.137. The highest BCUT2D eigenvalue weighted by molar-refractivity contribution is 5.69. The van der Waals surface area contributed by atoms with Gasteiger partial charge in [0.25, 0.3) is 0 Å². The molecular weight excluding hydrogens is 350 g/mol. The number of hydrogen-bond acceptors (Lipinski definition) is 6. The molecule has 0 bridgehead atoms. The molecule has 0 aliphatic carbocycles. The van der Waals surface area contributed by atoms with Crippen molar-refractivity contribution in [2.24, 2.45) is 7.05 Å². The summed E-state index contributed by atoms with van der Waals surface area (Å²) in [6, 6.07) is 3.01. The van der Waals surface area contributed by atoms with E-state index in [-0.39, 0.29) is 11.4 Å². The van der Waals surface area contributed by atoms with Gasteiger partial charge >= 0.3 is 11.8 Å². The number of alkyl carbamates (subject to hydrolysis) is 1. The summed E-state index contributed by atoms with van der Waals surface area (Å²) in [4.78, 5) is 27.1. The third-order valence-electron chi connectivity index (χ3n) is 3.64. The van der Waals surface area contributed by atoms with Crippen molar-refractivity contribution >= 4 is 11.8 Å². The lowest BCUT2D eigenvalue weighted by Crippen LogP contribution is -2.34. The van der Waals surface area contributed by atoms with E-state index in [1.54, 1.807) is 46.0 Å². The van der Waals surface area contributed by atoms with Gasteiger partial charge in [-0.05, 0) is 44.9 Å². The SMILES string of the molecule is C=CC[C@H](NC(=O)OC(C)(C)C)c1ccnc(-c2c([N+](=O)[O-])cnn2C)c1. The Morgan fingerprint density at radius 3 is 2.81 bits per heavy atom. The van der Waals surface area contributed by atoms with Crippen LogP contribution in [0.5, 0.6) is 0 Å². The van der Waals surface area contributed by atoms with Crippen LogP contribution in [0, 0.1) is 10.1 Å². The van der Waals surface area contributed by atoms with Crippen molar-refractivity contribution in [1.82, 2.24) is 20.1 Å². The zero-order valence-electron chi connectivity index (χ0n) is 15.8. The average molecular weight is 373 g/mol. The first-order valence-corrected chi connectivity index (χ1v) is 8.35. The predicted octanol–water partition coefficient (Wildman–Crippen LogP) is 3.53. The fraction of sp³-hybridized carbons (Fsp3) is 0.389. The molecule has 2 rings (SSSR count). The lowest BCUT2D eigenvalue weighted by Gasteiger charge is -2.23. The number of aromatic nitrogens is 3. The summed E-state index contributed by atoms with van der Waals surface area (Å²) < 4.78 is 6.70. The first-order chi connectivity index (χ1) is 12.6. The molecule has 2 aromatic rings. The van der Waals surface area contributed by atoms with Gasteiger partial charge in [0, 0.05) is 13.2 Å². The van der Waals surface area contributed by atoms with Crippen molar-refractivity contribution in [3.05, 3.63) is 52.9 Å². The molecule has 9 nitrogen and oxygen atoms in total. The number of carbonyl (C=O) groups excluding carboxylic acids is 1. The summed E-state index contributed by atoms with van der Waals surface area (Å²) in [7, 11) is 1.61. The fourth-order valence-corrected chi connectivity index (χ4v) is 2.54. The minimum atomic E-state index is -0.623. The molecule has 0 saturated heterocycles. The maximum atomic E-state index is 12.1. The van der Waals surface area contributed by atoms with E-state index in [9.17, 15) is 14.9 Å². The van der Waals surface area contributed by atoms with Gasteiger partial charge in [-0.25, -0.2) is 4.79 Å². The lowest BCUT2D eigenvalue weighted by molar-refractivity contribution is -0.384. The largest absolute Gasteiger partial charge is 0.444 e. The number of hydrogen-bond donors (Lipinski definition) is 1. The number of nitrogens with zero attached hydrogens (tertiary/aromatic N) is 4. The number of nitro groups is 1. The highest BCUT2D eigenvalue weighted by Crippen LogP contribution is 2.29. The Kier molecular flexibility index (Phi) is 5.94. The summed E-state index contributed by atoms with van der Waals surface area (Å²) in [5, 5.41) is 18.0. The van der Waals surface area contributed by atoms with Gasteiger partial charge in [-0.3, -0.25) is 19.8 Å². The number of pyridine rings is 1. The van der Waals surface area contributed by atoms with Gasteiger partial charge in [0.1, 0.15) is 11.8 Å². The smallest absolute Gasteiger partial charge is 0.408 e. The summed E-state index contributed by atoms with van der Waals surface area (Å²) >= 11 is 0. The van der Waals surface area contributed by atoms with E-state index in [4.69, 9.17) is 4.74 Å². The highest BCUT2D eigenvalue weighted by atomic mass is 16.6. The minimum Gasteiger partial charge on any atom is -0.444 e. The maximum absolute atomic E-state index is 12.1. The van der Waals surface area contributed by atoms with Gasteiger partial charge in [-0.2, -0.15) is 5.10 Å². The molecule has 0 spiro atoms. The molecule has 0 unspecified atom stereocenters. The molecule has 0 aliphatic rings. The van der Waals surface area contributed by atoms with Crippen LogP contribution in [-0.4, -0.2) is 31.4 Å². The normalized spacial score (nSPS) is 12.3. The molecule has 144 valence electrons. The third-order valence-corrected chi connectivity index (χ3v) is 3.64. The van der Waals surface area contributed by atoms with E-state index in [2.05, 4.69) is 22.0 Å². The molecule has 0 radical (unpaired) electrons. The van der Waals surface area contributed by atoms with Crippen LogP contribution in [0.1, 0.15) is 38.8 Å². The van der Waals surface area contributed by atoms with E-state index >= 15 is 0 Å². The Morgan fingerprint density at radius 2 is 2.22 bits per heavy atom. The second-order valence-electron chi connectivity index (χ2n) is 6.96. The van der Waals surface area contributed by atoms with Gasteiger partial charge in [0.15, 0.2) is 5.69 Å². The van der Waals surface area contributed by atoms with Crippen molar-refractivity contribution in [3.63, 3.8) is 0 Å². The van der Waals surface area contributed by atoms with E-state index in [1.165, 1.54) is 17.1 Å². The molecule has 2 aromatic heterocycles. The Hall–Kier alpha value is -3.23. The summed E-state index contributed by atoms with van der Waals surface area (Å²) in [5.41, 5.74) is 0.640. The van der Waals surface area contributed by atoms with Crippen LogP contribution in [0.15, 0.2) is 37.2 Å². The van der Waals surface area contributed by atoms with E-state index in [1.807, 2.05) is 0 Å². The molecule has 0 aromatic carbocycles. The maximum Gasteiger partial charge on any atom is 0.408 e. The monoisotopic (exact) mass is 373 g/mol. The van der Waals surface area contributed by atoms with Crippen molar-refractivity contribution < 1.29 is 14.5 Å². The second-order valence-corrected chi connectivity index (χ2v) is 6.96. The van der Waals surface area contributed by atoms with Crippen molar-refractivity contribution in [3.8, 4) is 11.4 Å². The van der Waals surface area contributed by atoms with E-state index in [0.717, 1.165) is 5.56 Å². The Morgan fingerprint density at radius 1 is 1.52 bits per heavy atom. The highest BCUT2D eigenvalue weighted by Gasteiger charge is 2.24. The quantitative estimate of drug-likeness (QED) is 0.471. The summed E-state index contributed by atoms with van der Waals surface area (Å²) in [6.45, 7) is 9.06. The van der Waals surface area contributed by atoms with Crippen LogP contribution < -0.4 is 5.32 Å². The van der Waals surface area contributed by atoms with Crippen LogP contribution in [0.2, 0.25) is 0 Å². The molecule has 1 amide bonds. The zero-order valence-corrected chi connectivity index (χ0v) is 15.8. The molecule has 0 aliphatic heterocycles. The number of nitrogens with one attached hydrogen (secondary N) is 1. The number of amides is 1. The van der Waals surface area contributed by atoms with Crippen LogP contribution >= 0.6 is 0 Å². The molecule has 1 atom stereocenters. The summed E-state index contributed by atoms with van der Waals surface area (Å²) in [5.74, 6) is 0. The van der Waals surface area contributed by atoms with Crippen LogP contribution in [0.25, 0.3) is 11.4 Å². The first kappa shape index (κ1) is 20.1. The molecular formula is C18H23N5O4. The average Bonchev–Trinajstić information content (AvgIpc) is 2.95. The molecule has 2 heterocycles. The van der Waals surface area contributed by atoms with Crippen LogP contribution in [-0.2, 0) is 11.8 Å². The number of carbonyl (C=O) groups is 1. The standard InChI is InChI=1S/C18H23N5O4/c1-6-7-13(21-17(24)27-18(2,3)4)12-8-9-19-14(10-12)16-15(23(25)26)11-20-22(16)5/h6,8-11,13H,1,7H2,2-5H3,(H,21,24)/t13-/m0/s1. The zero-order chi connectivity index (χ0) is 20.2. The topological polar surface area (TPSA) is 112 Å². The Balaban J connectivity index is 2.36. The molecule has 0 saturated carbocycles. The number of ether oxygens (including phenoxy) is 1. The third kappa shape index (κ3) is 5.13.